The second kappa shape index (κ2) is 10.5. The Morgan fingerprint density at radius 1 is 0.907 bits per heavy atom. The lowest BCUT2D eigenvalue weighted by molar-refractivity contribution is -0.347. The van der Waals surface area contributed by atoms with Crippen molar-refractivity contribution in [1.82, 2.24) is 0 Å². The molecule has 4 N–H and O–H groups in total. The van der Waals surface area contributed by atoms with Crippen LogP contribution < -0.4 is 0 Å². The third-order valence-corrected chi connectivity index (χ3v) is 8.66. The lowest BCUT2D eigenvalue weighted by Crippen LogP contribution is -2.60. The molecule has 2 aromatic rings. The molecule has 3 saturated heterocycles. The SMILES string of the molecule is C[C@@H]1O[C@H]2O[C@H]3[C@H](C)O[C@H](c4ccc5c(c4O)C(=O)c4ccc(C[C@@](C)(O)CC(=O)O)c(O)c4C5=O)C[C@H]3O[C@@H]2CC1=O. The van der Waals surface area contributed by atoms with Crippen molar-refractivity contribution in [2.45, 2.75) is 95.0 Å². The van der Waals surface area contributed by atoms with Crippen molar-refractivity contribution < 1.29 is 58.6 Å². The molecular formula is C31H32O12. The van der Waals surface area contributed by atoms with Crippen LogP contribution in [0.15, 0.2) is 24.3 Å². The van der Waals surface area contributed by atoms with Gasteiger partial charge in [-0.1, -0.05) is 12.1 Å². The molecule has 228 valence electrons. The number of ketones is 3. The van der Waals surface area contributed by atoms with Crippen molar-refractivity contribution in [3.05, 3.63) is 57.6 Å². The van der Waals surface area contributed by atoms with Crippen molar-refractivity contribution in [3.63, 3.8) is 0 Å². The number of carboxylic acid groups (broad SMARTS) is 1. The van der Waals surface area contributed by atoms with E-state index in [1.54, 1.807) is 13.8 Å². The topological polar surface area (TPSA) is 186 Å². The molecular weight excluding hydrogens is 564 g/mol. The fourth-order valence-corrected chi connectivity index (χ4v) is 6.56. The van der Waals surface area contributed by atoms with Crippen molar-refractivity contribution in [2.24, 2.45) is 0 Å². The van der Waals surface area contributed by atoms with Crippen molar-refractivity contribution in [1.29, 1.82) is 0 Å². The number of aromatic hydroxyl groups is 2. The van der Waals surface area contributed by atoms with Gasteiger partial charge in [0.05, 0.1) is 41.5 Å². The van der Waals surface area contributed by atoms with Crippen LogP contribution in [-0.4, -0.2) is 86.2 Å². The average Bonchev–Trinajstić information content (AvgIpc) is 2.91. The maximum absolute atomic E-state index is 13.6. The van der Waals surface area contributed by atoms with Gasteiger partial charge < -0.3 is 39.4 Å². The zero-order valence-electron chi connectivity index (χ0n) is 23.7. The molecule has 0 unspecified atom stereocenters. The number of rotatable bonds is 5. The first-order valence-corrected chi connectivity index (χ1v) is 14.1. The summed E-state index contributed by atoms with van der Waals surface area (Å²) in [7, 11) is 0. The van der Waals surface area contributed by atoms with Gasteiger partial charge >= 0.3 is 5.97 Å². The first-order chi connectivity index (χ1) is 20.3. The van der Waals surface area contributed by atoms with E-state index in [1.165, 1.54) is 31.2 Å². The Morgan fingerprint density at radius 3 is 2.23 bits per heavy atom. The highest BCUT2D eigenvalue weighted by Gasteiger charge is 2.50. The van der Waals surface area contributed by atoms with E-state index < -0.39 is 84.0 Å². The Kier molecular flexibility index (Phi) is 7.17. The largest absolute Gasteiger partial charge is 0.507 e. The van der Waals surface area contributed by atoms with E-state index in [0.717, 1.165) is 0 Å². The summed E-state index contributed by atoms with van der Waals surface area (Å²) in [5.41, 5.74) is -2.09. The molecule has 43 heavy (non-hydrogen) atoms. The molecule has 0 amide bonds. The van der Waals surface area contributed by atoms with Crippen molar-refractivity contribution >= 4 is 23.3 Å². The Labute approximate surface area is 246 Å². The zero-order valence-corrected chi connectivity index (χ0v) is 23.7. The quantitative estimate of drug-likeness (QED) is 0.337. The molecule has 3 aliphatic heterocycles. The Morgan fingerprint density at radius 2 is 1.56 bits per heavy atom. The maximum atomic E-state index is 13.6. The fourth-order valence-electron chi connectivity index (χ4n) is 6.56. The summed E-state index contributed by atoms with van der Waals surface area (Å²) in [6.45, 7) is 4.75. The van der Waals surface area contributed by atoms with E-state index in [2.05, 4.69) is 0 Å². The third kappa shape index (κ3) is 5.02. The molecule has 0 bridgehead atoms. The summed E-state index contributed by atoms with van der Waals surface area (Å²) < 4.78 is 24.2. The number of carbonyl (C=O) groups is 4. The molecule has 4 aliphatic rings. The van der Waals surface area contributed by atoms with E-state index in [1.807, 2.05) is 0 Å². The highest BCUT2D eigenvalue weighted by Crippen LogP contribution is 2.46. The summed E-state index contributed by atoms with van der Waals surface area (Å²) in [5, 5.41) is 41.9. The van der Waals surface area contributed by atoms with Crippen LogP contribution in [0, 0.1) is 0 Å². The van der Waals surface area contributed by atoms with Crippen LogP contribution in [0.1, 0.15) is 89.1 Å². The van der Waals surface area contributed by atoms with Crippen LogP contribution in [0.25, 0.3) is 0 Å². The summed E-state index contributed by atoms with van der Waals surface area (Å²) in [4.78, 5) is 50.5. The van der Waals surface area contributed by atoms with Crippen molar-refractivity contribution in [2.75, 3.05) is 0 Å². The average molecular weight is 597 g/mol. The zero-order chi connectivity index (χ0) is 31.0. The van der Waals surface area contributed by atoms with E-state index in [-0.39, 0.29) is 58.4 Å². The van der Waals surface area contributed by atoms with Crippen LogP contribution in [0.2, 0.25) is 0 Å². The van der Waals surface area contributed by atoms with Crippen LogP contribution in [-0.2, 0) is 35.0 Å². The molecule has 12 heteroatoms. The monoisotopic (exact) mass is 596 g/mol. The molecule has 0 spiro atoms. The van der Waals surface area contributed by atoms with Gasteiger partial charge in [0.15, 0.2) is 23.6 Å². The predicted octanol–water partition coefficient (Wildman–Crippen LogP) is 2.35. The number of Topliss-reactive ketones (excluding diaryl/α,β-unsaturated/α-hetero) is 1. The second-order valence-corrected chi connectivity index (χ2v) is 12.0. The molecule has 12 nitrogen and oxygen atoms in total. The smallest absolute Gasteiger partial charge is 0.306 e. The van der Waals surface area contributed by atoms with Gasteiger partial charge in [0.1, 0.15) is 29.8 Å². The van der Waals surface area contributed by atoms with E-state index >= 15 is 0 Å². The minimum absolute atomic E-state index is 0.0838. The Balaban J connectivity index is 1.28. The Hall–Kier alpha value is -3.68. The van der Waals surface area contributed by atoms with Gasteiger partial charge in [-0.25, -0.2) is 0 Å². The summed E-state index contributed by atoms with van der Waals surface area (Å²) in [6.07, 6.45) is -4.53. The number of phenolic OH excluding ortho intramolecular Hbond substituents is 2. The number of aliphatic hydroxyl groups is 1. The van der Waals surface area contributed by atoms with Crippen LogP contribution >= 0.6 is 0 Å². The normalized spacial score (nSPS) is 31.3. The molecule has 3 heterocycles. The van der Waals surface area contributed by atoms with Gasteiger partial charge in [0, 0.05) is 36.0 Å². The minimum Gasteiger partial charge on any atom is -0.507 e. The standard InChI is InChI=1S/C31H32O12/c1-12-18(32)8-21-30(41-12)43-29-13(2)40-19(9-20(29)42-21)15-6-7-17-24(26(15)36)28(38)16-5-4-14(25(35)23(16)27(17)37)10-31(3,39)11-22(33)34/h4-7,12-13,19-21,29-30,35-36,39H,8-11H2,1-3H3,(H,33,34)/t12-,13-,19-,20+,21+,29-,30-,31+/m0/s1. The molecule has 2 aromatic carbocycles. The van der Waals surface area contributed by atoms with Crippen LogP contribution in [0.4, 0.5) is 0 Å². The lowest BCUT2D eigenvalue weighted by atomic mass is 9.79. The highest BCUT2D eigenvalue weighted by molar-refractivity contribution is 6.30. The fraction of sp³-hybridized carbons (Fsp3) is 0.484. The number of benzene rings is 2. The molecule has 0 aromatic heterocycles. The van der Waals surface area contributed by atoms with Crippen molar-refractivity contribution in [3.8, 4) is 11.5 Å². The number of carbonyl (C=O) groups excluding carboxylic acids is 3. The van der Waals surface area contributed by atoms with Gasteiger partial charge in [0.2, 0.25) is 0 Å². The molecule has 0 saturated carbocycles. The first-order valence-electron chi connectivity index (χ1n) is 14.1. The van der Waals surface area contributed by atoms with Crippen LogP contribution in [0.3, 0.4) is 0 Å². The second-order valence-electron chi connectivity index (χ2n) is 12.0. The number of carboxylic acids is 1. The number of hydrogen-bond acceptors (Lipinski definition) is 11. The molecule has 3 fully saturated rings. The highest BCUT2D eigenvalue weighted by atomic mass is 16.7. The summed E-state index contributed by atoms with van der Waals surface area (Å²) in [5.74, 6) is -3.66. The van der Waals surface area contributed by atoms with Crippen LogP contribution in [0.5, 0.6) is 11.5 Å². The van der Waals surface area contributed by atoms with Gasteiger partial charge in [-0.3, -0.25) is 19.2 Å². The van der Waals surface area contributed by atoms with Gasteiger partial charge in [0.25, 0.3) is 0 Å². The predicted molar refractivity (Wildman–Crippen MR) is 145 cm³/mol. The maximum Gasteiger partial charge on any atom is 0.306 e. The van der Waals surface area contributed by atoms with Gasteiger partial charge in [-0.15, -0.1) is 0 Å². The molecule has 0 radical (unpaired) electrons. The summed E-state index contributed by atoms with van der Waals surface area (Å²) in [6, 6.07) is 5.55. The van der Waals surface area contributed by atoms with E-state index in [0.29, 0.717) is 0 Å². The minimum atomic E-state index is -1.72. The molecule has 1 aliphatic carbocycles. The number of aliphatic carboxylic acids is 1. The van der Waals surface area contributed by atoms with Gasteiger partial charge in [-0.05, 0) is 38.5 Å². The number of phenols is 2. The van der Waals surface area contributed by atoms with Gasteiger partial charge in [-0.2, -0.15) is 0 Å². The molecule has 8 atom stereocenters. The van der Waals surface area contributed by atoms with E-state index in [4.69, 9.17) is 24.1 Å². The number of ether oxygens (including phenoxy) is 4. The Bertz CT molecular complexity index is 1540. The third-order valence-electron chi connectivity index (χ3n) is 8.66. The molecule has 6 rings (SSSR count). The number of hydrogen-bond donors (Lipinski definition) is 4. The summed E-state index contributed by atoms with van der Waals surface area (Å²) >= 11 is 0. The first kappa shape index (κ1) is 29.4. The number of fused-ring (bicyclic) bond motifs is 4. The van der Waals surface area contributed by atoms with E-state index in [9.17, 15) is 34.5 Å². The lowest BCUT2D eigenvalue weighted by Gasteiger charge is -2.49.